The molecule has 0 amide bonds. The van der Waals surface area contributed by atoms with Gasteiger partial charge in [-0.05, 0) is 32.9 Å². The third-order valence-electron chi connectivity index (χ3n) is 3.21. The number of ether oxygens (including phenoxy) is 1. The minimum Gasteiger partial charge on any atom is -0.460 e. The standard InChI is InChI=1S/C16H18N2O5/c1-16(2,3)23-15(20)6-7-17-13(10-19)9-11-8-12(18(21)22)4-5-14(11)17/h4-5,8-10H,6-7H2,1-3H3. The first-order valence-electron chi connectivity index (χ1n) is 7.16. The van der Waals surface area contributed by atoms with Gasteiger partial charge in [0.05, 0.1) is 17.0 Å². The zero-order valence-electron chi connectivity index (χ0n) is 13.2. The fraction of sp³-hybridized carbons (Fsp3) is 0.375. The van der Waals surface area contributed by atoms with Gasteiger partial charge in [0, 0.05) is 29.6 Å². The Morgan fingerprint density at radius 3 is 2.61 bits per heavy atom. The maximum atomic E-state index is 11.8. The lowest BCUT2D eigenvalue weighted by Gasteiger charge is -2.19. The molecule has 2 aromatic rings. The molecule has 0 saturated heterocycles. The Morgan fingerprint density at radius 1 is 1.35 bits per heavy atom. The van der Waals surface area contributed by atoms with Gasteiger partial charge in [-0.1, -0.05) is 0 Å². The van der Waals surface area contributed by atoms with Gasteiger partial charge in [0.25, 0.3) is 5.69 Å². The number of aldehydes is 1. The molecule has 2 rings (SSSR count). The fourth-order valence-corrected chi connectivity index (χ4v) is 2.34. The van der Waals surface area contributed by atoms with Crippen LogP contribution >= 0.6 is 0 Å². The molecule has 1 aromatic carbocycles. The number of esters is 1. The average Bonchev–Trinajstić information content (AvgIpc) is 2.79. The molecule has 0 N–H and O–H groups in total. The summed E-state index contributed by atoms with van der Waals surface area (Å²) in [5.41, 5.74) is 0.425. The summed E-state index contributed by atoms with van der Waals surface area (Å²) in [6, 6.07) is 5.94. The summed E-state index contributed by atoms with van der Waals surface area (Å²) in [6.45, 7) is 5.62. The SMILES string of the molecule is CC(C)(C)OC(=O)CCn1c(C=O)cc2cc([N+](=O)[O-])ccc21. The van der Waals surface area contributed by atoms with E-state index in [0.717, 1.165) is 0 Å². The van der Waals surface area contributed by atoms with Crippen molar-refractivity contribution in [3.63, 3.8) is 0 Å². The molecular formula is C16H18N2O5. The number of fused-ring (bicyclic) bond motifs is 1. The van der Waals surface area contributed by atoms with Crippen LogP contribution in [0.4, 0.5) is 5.69 Å². The van der Waals surface area contributed by atoms with E-state index in [2.05, 4.69) is 0 Å². The van der Waals surface area contributed by atoms with E-state index in [1.54, 1.807) is 37.5 Å². The number of benzene rings is 1. The lowest BCUT2D eigenvalue weighted by molar-refractivity contribution is -0.384. The Labute approximate surface area is 133 Å². The molecule has 1 heterocycles. The number of aromatic nitrogens is 1. The highest BCUT2D eigenvalue weighted by Crippen LogP contribution is 2.24. The maximum absolute atomic E-state index is 11.8. The van der Waals surface area contributed by atoms with Crippen molar-refractivity contribution in [3.05, 3.63) is 40.1 Å². The molecule has 0 aliphatic rings. The Bertz CT molecular complexity index is 771. The highest BCUT2D eigenvalue weighted by Gasteiger charge is 2.18. The molecular weight excluding hydrogens is 300 g/mol. The summed E-state index contributed by atoms with van der Waals surface area (Å²) < 4.78 is 6.90. The Morgan fingerprint density at radius 2 is 2.04 bits per heavy atom. The predicted octanol–water partition coefficient (Wildman–Crippen LogP) is 3.09. The number of nitro benzene ring substituents is 1. The van der Waals surface area contributed by atoms with Crippen molar-refractivity contribution in [3.8, 4) is 0 Å². The van der Waals surface area contributed by atoms with E-state index in [-0.39, 0.29) is 24.6 Å². The molecule has 0 fully saturated rings. The van der Waals surface area contributed by atoms with Crippen LogP contribution in [-0.4, -0.2) is 27.3 Å². The molecule has 0 bridgehead atoms. The molecule has 7 nitrogen and oxygen atoms in total. The van der Waals surface area contributed by atoms with Crippen LogP contribution in [0.15, 0.2) is 24.3 Å². The van der Waals surface area contributed by atoms with Gasteiger partial charge < -0.3 is 9.30 Å². The number of aryl methyl sites for hydroxylation is 1. The predicted molar refractivity (Wildman–Crippen MR) is 84.4 cm³/mol. The molecule has 1 aromatic heterocycles. The van der Waals surface area contributed by atoms with Gasteiger partial charge in [0.2, 0.25) is 0 Å². The number of carbonyl (C=O) groups excluding carboxylic acids is 2. The van der Waals surface area contributed by atoms with E-state index < -0.39 is 10.5 Å². The number of nitro groups is 1. The Balaban J connectivity index is 2.27. The molecule has 7 heteroatoms. The molecule has 0 saturated carbocycles. The minimum atomic E-state index is -0.566. The monoisotopic (exact) mass is 318 g/mol. The van der Waals surface area contributed by atoms with Crippen LogP contribution in [0.25, 0.3) is 10.9 Å². The molecule has 0 radical (unpaired) electrons. The average molecular weight is 318 g/mol. The van der Waals surface area contributed by atoms with Crippen LogP contribution in [0.2, 0.25) is 0 Å². The van der Waals surface area contributed by atoms with Crippen LogP contribution in [0.5, 0.6) is 0 Å². The number of rotatable bonds is 5. The van der Waals surface area contributed by atoms with Gasteiger partial charge in [0.1, 0.15) is 5.60 Å². The first-order valence-corrected chi connectivity index (χ1v) is 7.16. The van der Waals surface area contributed by atoms with Gasteiger partial charge in [-0.15, -0.1) is 0 Å². The third-order valence-corrected chi connectivity index (χ3v) is 3.21. The van der Waals surface area contributed by atoms with Crippen LogP contribution in [0.3, 0.4) is 0 Å². The van der Waals surface area contributed by atoms with Crippen molar-refractivity contribution >= 4 is 28.8 Å². The van der Waals surface area contributed by atoms with Crippen molar-refractivity contribution in [1.29, 1.82) is 0 Å². The summed E-state index contributed by atoms with van der Waals surface area (Å²) in [5, 5.41) is 11.4. The molecule has 122 valence electrons. The van der Waals surface area contributed by atoms with E-state index in [1.165, 1.54) is 12.1 Å². The van der Waals surface area contributed by atoms with Crippen LogP contribution in [-0.2, 0) is 16.1 Å². The summed E-state index contributed by atoms with van der Waals surface area (Å²) >= 11 is 0. The van der Waals surface area contributed by atoms with Gasteiger partial charge in [-0.3, -0.25) is 19.7 Å². The van der Waals surface area contributed by atoms with E-state index in [0.29, 0.717) is 22.9 Å². The second-order valence-electron chi connectivity index (χ2n) is 6.18. The van der Waals surface area contributed by atoms with Gasteiger partial charge >= 0.3 is 5.97 Å². The number of nitrogens with zero attached hydrogens (tertiary/aromatic N) is 2. The Kier molecular flexibility index (Phi) is 4.49. The molecule has 0 aliphatic carbocycles. The highest BCUT2D eigenvalue weighted by atomic mass is 16.6. The fourth-order valence-electron chi connectivity index (χ4n) is 2.34. The number of carbonyl (C=O) groups is 2. The topological polar surface area (TPSA) is 91.4 Å². The normalized spacial score (nSPS) is 11.4. The number of non-ortho nitro benzene ring substituents is 1. The maximum Gasteiger partial charge on any atom is 0.308 e. The van der Waals surface area contributed by atoms with E-state index in [9.17, 15) is 19.7 Å². The van der Waals surface area contributed by atoms with Crippen molar-refractivity contribution < 1.29 is 19.2 Å². The number of hydrogen-bond acceptors (Lipinski definition) is 5. The van der Waals surface area contributed by atoms with Crippen molar-refractivity contribution in [2.75, 3.05) is 0 Å². The van der Waals surface area contributed by atoms with E-state index in [1.807, 2.05) is 0 Å². The first kappa shape index (κ1) is 16.7. The number of hydrogen-bond donors (Lipinski definition) is 0. The molecule has 0 atom stereocenters. The first-order chi connectivity index (χ1) is 10.7. The van der Waals surface area contributed by atoms with E-state index in [4.69, 9.17) is 4.74 Å². The third kappa shape index (κ3) is 3.94. The summed E-state index contributed by atoms with van der Waals surface area (Å²) in [7, 11) is 0. The van der Waals surface area contributed by atoms with Gasteiger partial charge in [-0.25, -0.2) is 0 Å². The van der Waals surface area contributed by atoms with Crippen molar-refractivity contribution in [2.24, 2.45) is 0 Å². The second-order valence-corrected chi connectivity index (χ2v) is 6.18. The molecule has 0 spiro atoms. The smallest absolute Gasteiger partial charge is 0.308 e. The lowest BCUT2D eigenvalue weighted by Crippen LogP contribution is -2.24. The summed E-state index contributed by atoms with van der Waals surface area (Å²) in [4.78, 5) is 33.4. The zero-order valence-corrected chi connectivity index (χ0v) is 13.2. The zero-order chi connectivity index (χ0) is 17.2. The molecule has 23 heavy (non-hydrogen) atoms. The van der Waals surface area contributed by atoms with E-state index >= 15 is 0 Å². The largest absolute Gasteiger partial charge is 0.460 e. The minimum absolute atomic E-state index is 0.0424. The quantitative estimate of drug-likeness (QED) is 0.365. The van der Waals surface area contributed by atoms with Gasteiger partial charge in [0.15, 0.2) is 6.29 Å². The van der Waals surface area contributed by atoms with Crippen LogP contribution in [0, 0.1) is 10.1 Å². The summed E-state index contributed by atoms with van der Waals surface area (Å²) in [6.07, 6.45) is 0.778. The Hall–Kier alpha value is -2.70. The summed E-state index contributed by atoms with van der Waals surface area (Å²) in [5.74, 6) is -0.363. The molecule has 0 unspecified atom stereocenters. The van der Waals surface area contributed by atoms with Crippen molar-refractivity contribution in [2.45, 2.75) is 39.3 Å². The second kappa shape index (κ2) is 6.20. The lowest BCUT2D eigenvalue weighted by atomic mass is 10.2. The van der Waals surface area contributed by atoms with Crippen molar-refractivity contribution in [1.82, 2.24) is 4.57 Å². The highest BCUT2D eigenvalue weighted by molar-refractivity contribution is 5.90. The van der Waals surface area contributed by atoms with Crippen LogP contribution in [0.1, 0.15) is 37.7 Å². The van der Waals surface area contributed by atoms with Gasteiger partial charge in [-0.2, -0.15) is 0 Å². The molecule has 0 aliphatic heterocycles. The van der Waals surface area contributed by atoms with Crippen LogP contribution < -0.4 is 0 Å².